The Morgan fingerprint density at radius 3 is 2.83 bits per heavy atom. The van der Waals surface area contributed by atoms with E-state index in [-0.39, 0.29) is 11.6 Å². The molecule has 0 aliphatic heterocycles. The fraction of sp³-hybridized carbons (Fsp3) is 0.200. The molecule has 3 rings (SSSR count). The van der Waals surface area contributed by atoms with Crippen molar-refractivity contribution < 1.29 is 18.9 Å². The number of aryl methyl sites for hydroxylation is 1. The second-order valence-corrected chi connectivity index (χ2v) is 6.31. The molecule has 1 N–H and O–H groups in total. The molecule has 3 aromatic rings. The molecule has 0 bridgehead atoms. The fourth-order valence-corrected chi connectivity index (χ4v) is 2.83. The van der Waals surface area contributed by atoms with Crippen LogP contribution in [0, 0.1) is 24.0 Å². The summed E-state index contributed by atoms with van der Waals surface area (Å²) < 4.78 is 12.0. The van der Waals surface area contributed by atoms with Gasteiger partial charge in [-0.15, -0.1) is 0 Å². The van der Waals surface area contributed by atoms with Crippen molar-refractivity contribution in [2.24, 2.45) is 0 Å². The maximum atomic E-state index is 12.3. The third kappa shape index (κ3) is 4.70. The Kier molecular flexibility index (Phi) is 5.77. The maximum Gasteiger partial charge on any atom is 0.433 e. The molecule has 9 heteroatoms. The molecule has 1 aromatic carbocycles. The number of ether oxygens (including phenoxy) is 1. The van der Waals surface area contributed by atoms with Gasteiger partial charge in [-0.05, 0) is 43.7 Å². The SMILES string of the molecule is COc1cccc(Cn2nc(C)c(NC(=O)/C=C/c3ccc([N+](=O)[O-])o3)c2C)c1. The minimum atomic E-state index is -0.638. The number of amides is 1. The van der Waals surface area contributed by atoms with E-state index in [1.54, 1.807) is 11.8 Å². The van der Waals surface area contributed by atoms with Gasteiger partial charge < -0.3 is 14.5 Å². The number of methoxy groups -OCH3 is 1. The highest BCUT2D eigenvalue weighted by molar-refractivity contribution is 6.02. The van der Waals surface area contributed by atoms with Gasteiger partial charge in [-0.25, -0.2) is 0 Å². The van der Waals surface area contributed by atoms with E-state index in [9.17, 15) is 14.9 Å². The first-order valence-corrected chi connectivity index (χ1v) is 8.77. The zero-order chi connectivity index (χ0) is 21.0. The smallest absolute Gasteiger partial charge is 0.433 e. The van der Waals surface area contributed by atoms with Crippen LogP contribution in [-0.4, -0.2) is 27.7 Å². The molecule has 0 unspecified atom stereocenters. The van der Waals surface area contributed by atoms with Crippen LogP contribution in [0.15, 0.2) is 46.9 Å². The normalized spacial score (nSPS) is 11.0. The molecule has 0 saturated heterocycles. The Labute approximate surface area is 166 Å². The topological polar surface area (TPSA) is 112 Å². The summed E-state index contributed by atoms with van der Waals surface area (Å²) in [5.41, 5.74) is 3.13. The predicted molar refractivity (Wildman–Crippen MR) is 107 cm³/mol. The molecule has 0 radical (unpaired) electrons. The summed E-state index contributed by atoms with van der Waals surface area (Å²) in [6.07, 6.45) is 2.62. The van der Waals surface area contributed by atoms with E-state index in [1.165, 1.54) is 24.3 Å². The van der Waals surface area contributed by atoms with Gasteiger partial charge in [0.25, 0.3) is 0 Å². The summed E-state index contributed by atoms with van der Waals surface area (Å²) in [5.74, 6) is 0.210. The Morgan fingerprint density at radius 2 is 2.14 bits per heavy atom. The summed E-state index contributed by atoms with van der Waals surface area (Å²) >= 11 is 0. The average molecular weight is 396 g/mol. The Bertz CT molecular complexity index is 1080. The number of hydrogen-bond donors (Lipinski definition) is 1. The summed E-state index contributed by atoms with van der Waals surface area (Å²) in [5, 5.41) is 17.9. The molecule has 0 spiro atoms. The van der Waals surface area contributed by atoms with E-state index in [2.05, 4.69) is 10.4 Å². The molecule has 9 nitrogen and oxygen atoms in total. The third-order valence-corrected chi connectivity index (χ3v) is 4.29. The van der Waals surface area contributed by atoms with E-state index in [0.29, 0.717) is 17.9 Å². The van der Waals surface area contributed by atoms with Crippen LogP contribution in [0.3, 0.4) is 0 Å². The zero-order valence-corrected chi connectivity index (χ0v) is 16.2. The van der Waals surface area contributed by atoms with Crippen molar-refractivity contribution in [2.45, 2.75) is 20.4 Å². The van der Waals surface area contributed by atoms with Crippen LogP contribution < -0.4 is 10.1 Å². The van der Waals surface area contributed by atoms with Gasteiger partial charge in [0.1, 0.15) is 16.4 Å². The van der Waals surface area contributed by atoms with Gasteiger partial charge >= 0.3 is 5.88 Å². The highest BCUT2D eigenvalue weighted by Gasteiger charge is 2.14. The summed E-state index contributed by atoms with van der Waals surface area (Å²) in [7, 11) is 1.62. The number of nitrogens with one attached hydrogen (secondary N) is 1. The van der Waals surface area contributed by atoms with E-state index in [1.807, 2.05) is 38.1 Å². The third-order valence-electron chi connectivity index (χ3n) is 4.29. The lowest BCUT2D eigenvalue weighted by molar-refractivity contribution is -0.402. The van der Waals surface area contributed by atoms with E-state index in [4.69, 9.17) is 9.15 Å². The summed E-state index contributed by atoms with van der Waals surface area (Å²) in [6.45, 7) is 4.21. The number of aromatic nitrogens is 2. The molecular formula is C20H20N4O5. The van der Waals surface area contributed by atoms with Gasteiger partial charge in [0.15, 0.2) is 0 Å². The van der Waals surface area contributed by atoms with Crippen LogP contribution in [0.4, 0.5) is 11.6 Å². The molecule has 2 heterocycles. The van der Waals surface area contributed by atoms with Crippen LogP contribution in [0.2, 0.25) is 0 Å². The highest BCUT2D eigenvalue weighted by Crippen LogP contribution is 2.22. The van der Waals surface area contributed by atoms with Crippen LogP contribution in [0.5, 0.6) is 5.75 Å². The van der Waals surface area contributed by atoms with Crippen LogP contribution >= 0.6 is 0 Å². The number of carbonyl (C=O) groups excluding carboxylic acids is 1. The van der Waals surface area contributed by atoms with E-state index >= 15 is 0 Å². The predicted octanol–water partition coefficient (Wildman–Crippen LogP) is 3.71. The van der Waals surface area contributed by atoms with Crippen LogP contribution in [0.1, 0.15) is 22.7 Å². The molecule has 0 atom stereocenters. The standard InChI is InChI=1S/C20H20N4O5/c1-13-20(21-18(25)9-7-16-8-10-19(29-16)24(26)27)14(2)23(22-13)12-15-5-4-6-17(11-15)28-3/h4-11H,12H2,1-3H3,(H,21,25)/b9-7+. The lowest BCUT2D eigenvalue weighted by Gasteiger charge is -2.07. The molecule has 0 fully saturated rings. The molecule has 2 aromatic heterocycles. The van der Waals surface area contributed by atoms with Crippen LogP contribution in [0.25, 0.3) is 6.08 Å². The average Bonchev–Trinajstić information content (AvgIpc) is 3.27. The lowest BCUT2D eigenvalue weighted by atomic mass is 10.2. The molecule has 0 saturated carbocycles. The number of nitrogens with zero attached hydrogens (tertiary/aromatic N) is 3. The van der Waals surface area contributed by atoms with Crippen molar-refractivity contribution in [3.8, 4) is 5.75 Å². The van der Waals surface area contributed by atoms with Crippen molar-refractivity contribution in [2.75, 3.05) is 12.4 Å². The monoisotopic (exact) mass is 396 g/mol. The lowest BCUT2D eigenvalue weighted by Crippen LogP contribution is -2.10. The first-order chi connectivity index (χ1) is 13.9. The Morgan fingerprint density at radius 1 is 1.34 bits per heavy atom. The van der Waals surface area contributed by atoms with Crippen molar-refractivity contribution in [1.29, 1.82) is 0 Å². The molecule has 29 heavy (non-hydrogen) atoms. The maximum absolute atomic E-state index is 12.3. The number of nitro groups is 1. The second kappa shape index (κ2) is 8.42. The van der Waals surface area contributed by atoms with E-state index in [0.717, 1.165) is 17.0 Å². The number of hydrogen-bond acceptors (Lipinski definition) is 6. The number of anilines is 1. The number of furan rings is 1. The minimum Gasteiger partial charge on any atom is -0.497 e. The largest absolute Gasteiger partial charge is 0.497 e. The Hall–Kier alpha value is -3.88. The van der Waals surface area contributed by atoms with Gasteiger partial charge in [-0.2, -0.15) is 5.10 Å². The molecule has 0 aliphatic rings. The fourth-order valence-electron chi connectivity index (χ4n) is 2.83. The van der Waals surface area contributed by atoms with Gasteiger partial charge in [0, 0.05) is 6.08 Å². The Balaban J connectivity index is 1.71. The van der Waals surface area contributed by atoms with Crippen LogP contribution in [-0.2, 0) is 11.3 Å². The van der Waals surface area contributed by atoms with Crippen molar-refractivity contribution in [1.82, 2.24) is 9.78 Å². The molecular weight excluding hydrogens is 376 g/mol. The second-order valence-electron chi connectivity index (χ2n) is 6.31. The minimum absolute atomic E-state index is 0.217. The van der Waals surface area contributed by atoms with Crippen molar-refractivity contribution in [3.63, 3.8) is 0 Å². The van der Waals surface area contributed by atoms with Gasteiger partial charge in [-0.3, -0.25) is 19.6 Å². The molecule has 1 amide bonds. The van der Waals surface area contributed by atoms with Crippen molar-refractivity contribution >= 4 is 23.6 Å². The molecule has 150 valence electrons. The van der Waals surface area contributed by atoms with Gasteiger partial charge in [0.05, 0.1) is 36.8 Å². The zero-order valence-electron chi connectivity index (χ0n) is 16.2. The number of benzene rings is 1. The van der Waals surface area contributed by atoms with E-state index < -0.39 is 10.8 Å². The summed E-state index contributed by atoms with van der Waals surface area (Å²) in [6, 6.07) is 10.3. The first-order valence-electron chi connectivity index (χ1n) is 8.77. The quantitative estimate of drug-likeness (QED) is 0.370. The number of carbonyl (C=O) groups is 1. The van der Waals surface area contributed by atoms with Crippen molar-refractivity contribution in [3.05, 3.63) is 75.3 Å². The highest BCUT2D eigenvalue weighted by atomic mass is 16.6. The summed E-state index contributed by atoms with van der Waals surface area (Å²) in [4.78, 5) is 22.2. The molecule has 0 aliphatic carbocycles. The van der Waals surface area contributed by atoms with Gasteiger partial charge in [0.2, 0.25) is 5.91 Å². The number of rotatable bonds is 7. The van der Waals surface area contributed by atoms with Gasteiger partial charge in [-0.1, -0.05) is 12.1 Å². The first kappa shape index (κ1) is 19.9.